The Morgan fingerprint density at radius 1 is 0.250 bits per heavy atom. The largest absolute Gasteiger partial charge is 0.228 e. The molecule has 0 amide bonds. The molecule has 0 aliphatic heterocycles. The van der Waals surface area contributed by atoms with Gasteiger partial charge in [-0.3, -0.25) is 0 Å². The van der Waals surface area contributed by atoms with E-state index in [1.807, 2.05) is 12.1 Å². The average molecular weight is 661 g/mol. The Hall–Kier alpha value is -6.90. The van der Waals surface area contributed by atoms with E-state index in [2.05, 4.69) is 182 Å². The molecule has 1 aromatic heterocycles. The molecule has 0 N–H and O–H groups in total. The first-order chi connectivity index (χ1) is 25.8. The molecule has 2 heteroatoms. The highest BCUT2D eigenvalue weighted by molar-refractivity contribution is 6.19. The SMILES string of the molecule is c1ccc(-c2ccc(-c3nc(-c4ccccc4)cc(-c4ccccc4-c4ccccc4-c4ccc5c6c(cccc46)-c4ccccc4-5)n3)cc2)cc1. The summed E-state index contributed by atoms with van der Waals surface area (Å²) >= 11 is 0. The lowest BCUT2D eigenvalue weighted by atomic mass is 9.87. The molecule has 0 atom stereocenters. The Bertz CT molecular complexity index is 2740. The van der Waals surface area contributed by atoms with Crippen molar-refractivity contribution in [1.29, 1.82) is 0 Å². The molecule has 0 spiro atoms. The van der Waals surface area contributed by atoms with Gasteiger partial charge in [0.2, 0.25) is 0 Å². The topological polar surface area (TPSA) is 25.8 Å². The van der Waals surface area contributed by atoms with E-state index in [9.17, 15) is 0 Å². The van der Waals surface area contributed by atoms with Crippen molar-refractivity contribution < 1.29 is 0 Å². The zero-order valence-corrected chi connectivity index (χ0v) is 28.4. The molecule has 0 fully saturated rings. The van der Waals surface area contributed by atoms with E-state index in [1.165, 1.54) is 55.3 Å². The second-order valence-corrected chi connectivity index (χ2v) is 13.3. The summed E-state index contributed by atoms with van der Waals surface area (Å²) in [6.07, 6.45) is 0. The lowest BCUT2D eigenvalue weighted by Gasteiger charge is -2.17. The van der Waals surface area contributed by atoms with Gasteiger partial charge in [0.1, 0.15) is 0 Å². The minimum atomic E-state index is 0.700. The lowest BCUT2D eigenvalue weighted by Crippen LogP contribution is -1.97. The van der Waals surface area contributed by atoms with E-state index in [-0.39, 0.29) is 0 Å². The van der Waals surface area contributed by atoms with Crippen molar-refractivity contribution in [2.24, 2.45) is 0 Å². The molecule has 242 valence electrons. The molecule has 0 saturated heterocycles. The minimum Gasteiger partial charge on any atom is -0.228 e. The van der Waals surface area contributed by atoms with Crippen LogP contribution >= 0.6 is 0 Å². The Morgan fingerprint density at radius 3 is 1.33 bits per heavy atom. The van der Waals surface area contributed by atoms with Gasteiger partial charge in [0.25, 0.3) is 0 Å². The maximum Gasteiger partial charge on any atom is 0.160 e. The summed E-state index contributed by atoms with van der Waals surface area (Å²) in [6, 6.07) is 69.1. The molecule has 1 aliphatic rings. The van der Waals surface area contributed by atoms with Gasteiger partial charge in [-0.05, 0) is 72.5 Å². The first-order valence-electron chi connectivity index (χ1n) is 17.8. The predicted octanol–water partition coefficient (Wildman–Crippen LogP) is 13.3. The van der Waals surface area contributed by atoms with Crippen LogP contribution in [0.3, 0.4) is 0 Å². The molecule has 0 unspecified atom stereocenters. The maximum absolute atomic E-state index is 5.28. The fourth-order valence-electron chi connectivity index (χ4n) is 7.85. The van der Waals surface area contributed by atoms with Crippen LogP contribution in [0.5, 0.6) is 0 Å². The summed E-state index contributed by atoms with van der Waals surface area (Å²) in [5.74, 6) is 0.700. The van der Waals surface area contributed by atoms with Crippen molar-refractivity contribution in [3.63, 3.8) is 0 Å². The summed E-state index contributed by atoms with van der Waals surface area (Å²) in [4.78, 5) is 10.4. The van der Waals surface area contributed by atoms with Gasteiger partial charge in [0, 0.05) is 16.7 Å². The van der Waals surface area contributed by atoms with Crippen molar-refractivity contribution in [3.8, 4) is 89.5 Å². The summed E-state index contributed by atoms with van der Waals surface area (Å²) < 4.78 is 0. The third kappa shape index (κ3) is 5.04. The zero-order chi connectivity index (χ0) is 34.4. The second kappa shape index (κ2) is 12.5. The van der Waals surface area contributed by atoms with E-state index in [4.69, 9.17) is 9.97 Å². The molecule has 10 rings (SSSR count). The monoisotopic (exact) mass is 660 g/mol. The molecule has 1 aliphatic carbocycles. The van der Waals surface area contributed by atoms with E-state index in [1.54, 1.807) is 0 Å². The molecule has 9 aromatic rings. The van der Waals surface area contributed by atoms with Crippen LogP contribution in [0.15, 0.2) is 194 Å². The van der Waals surface area contributed by atoms with Gasteiger partial charge in [-0.2, -0.15) is 0 Å². The highest BCUT2D eigenvalue weighted by Crippen LogP contribution is 2.50. The highest BCUT2D eigenvalue weighted by Gasteiger charge is 2.23. The third-order valence-corrected chi connectivity index (χ3v) is 10.3. The van der Waals surface area contributed by atoms with Crippen molar-refractivity contribution in [3.05, 3.63) is 194 Å². The van der Waals surface area contributed by atoms with Crippen molar-refractivity contribution in [2.45, 2.75) is 0 Å². The predicted molar refractivity (Wildman–Crippen MR) is 217 cm³/mol. The Balaban J connectivity index is 1.13. The van der Waals surface area contributed by atoms with Crippen LogP contribution in [0, 0.1) is 0 Å². The summed E-state index contributed by atoms with van der Waals surface area (Å²) in [5.41, 5.74) is 17.2. The van der Waals surface area contributed by atoms with Gasteiger partial charge in [-0.1, -0.05) is 188 Å². The number of rotatable bonds is 6. The number of nitrogens with zero attached hydrogens (tertiary/aromatic N) is 2. The zero-order valence-electron chi connectivity index (χ0n) is 28.4. The molecule has 52 heavy (non-hydrogen) atoms. The molecular weight excluding hydrogens is 629 g/mol. The van der Waals surface area contributed by atoms with E-state index >= 15 is 0 Å². The molecule has 1 heterocycles. The van der Waals surface area contributed by atoms with Crippen LogP contribution in [-0.4, -0.2) is 9.97 Å². The fourth-order valence-corrected chi connectivity index (χ4v) is 7.85. The molecule has 0 bridgehead atoms. The van der Waals surface area contributed by atoms with Crippen molar-refractivity contribution >= 4 is 10.8 Å². The van der Waals surface area contributed by atoms with Crippen molar-refractivity contribution in [1.82, 2.24) is 9.97 Å². The maximum atomic E-state index is 5.28. The van der Waals surface area contributed by atoms with Gasteiger partial charge in [-0.25, -0.2) is 9.97 Å². The van der Waals surface area contributed by atoms with E-state index in [0.29, 0.717) is 5.82 Å². The Kier molecular flexibility index (Phi) is 7.18. The Labute approximate surface area is 303 Å². The number of fused-ring (bicyclic) bond motifs is 3. The average Bonchev–Trinajstić information content (AvgIpc) is 3.56. The van der Waals surface area contributed by atoms with Gasteiger partial charge >= 0.3 is 0 Å². The molecule has 0 saturated carbocycles. The number of hydrogen-bond acceptors (Lipinski definition) is 2. The highest BCUT2D eigenvalue weighted by atomic mass is 14.9. The van der Waals surface area contributed by atoms with Crippen LogP contribution in [0.1, 0.15) is 0 Å². The smallest absolute Gasteiger partial charge is 0.160 e. The number of benzene rings is 8. The Morgan fingerprint density at radius 2 is 0.673 bits per heavy atom. The van der Waals surface area contributed by atoms with Crippen LogP contribution in [-0.2, 0) is 0 Å². The second-order valence-electron chi connectivity index (χ2n) is 13.3. The van der Waals surface area contributed by atoms with Crippen LogP contribution in [0.4, 0.5) is 0 Å². The quantitative estimate of drug-likeness (QED) is 0.177. The minimum absolute atomic E-state index is 0.700. The number of hydrogen-bond donors (Lipinski definition) is 0. The van der Waals surface area contributed by atoms with E-state index < -0.39 is 0 Å². The van der Waals surface area contributed by atoms with Gasteiger partial charge in [0.15, 0.2) is 5.82 Å². The van der Waals surface area contributed by atoms with Gasteiger partial charge < -0.3 is 0 Å². The molecule has 2 nitrogen and oxygen atoms in total. The van der Waals surface area contributed by atoms with Gasteiger partial charge in [-0.15, -0.1) is 0 Å². The lowest BCUT2D eigenvalue weighted by molar-refractivity contribution is 1.18. The molecule has 0 radical (unpaired) electrons. The van der Waals surface area contributed by atoms with Crippen LogP contribution in [0.2, 0.25) is 0 Å². The summed E-state index contributed by atoms with van der Waals surface area (Å²) in [6.45, 7) is 0. The van der Waals surface area contributed by atoms with Crippen LogP contribution < -0.4 is 0 Å². The first kappa shape index (κ1) is 30.0. The fraction of sp³-hybridized carbons (Fsp3) is 0. The van der Waals surface area contributed by atoms with Gasteiger partial charge in [0.05, 0.1) is 11.4 Å². The molecule has 8 aromatic carbocycles. The number of aromatic nitrogens is 2. The third-order valence-electron chi connectivity index (χ3n) is 10.3. The van der Waals surface area contributed by atoms with Crippen molar-refractivity contribution in [2.75, 3.05) is 0 Å². The van der Waals surface area contributed by atoms with E-state index in [0.717, 1.165) is 39.2 Å². The molecular formula is C50H32N2. The summed E-state index contributed by atoms with van der Waals surface area (Å²) in [5, 5.41) is 2.60. The normalized spacial score (nSPS) is 11.5. The van der Waals surface area contributed by atoms with Crippen LogP contribution in [0.25, 0.3) is 100 Å². The summed E-state index contributed by atoms with van der Waals surface area (Å²) in [7, 11) is 0. The standard InChI is InChI=1S/C50H32N2/c1-3-14-33(15-4-1)34-26-28-36(29-27-34)50-51-47(35-16-5-2-6-17-35)32-48(52-50)43-23-12-11-20-39(43)37-18-7-8-19-38(37)42-30-31-46-41-22-10-9-21-40(41)44-24-13-25-45(42)49(44)46/h1-32H. The first-order valence-corrected chi connectivity index (χ1v) is 17.8.